The predicted octanol–water partition coefficient (Wildman–Crippen LogP) is 12.5. The molecule has 18 nitrogen and oxygen atoms in total. The Bertz CT molecular complexity index is 4560. The molecule has 6 N–H and O–H groups in total. The number of benzene rings is 5. The summed E-state index contributed by atoms with van der Waals surface area (Å²) in [5.74, 6) is 1.49. The Balaban J connectivity index is 0.000000140. The number of hydrogen-bond donors (Lipinski definition) is 4. The molecule has 1 saturated heterocycles. The van der Waals surface area contributed by atoms with Crippen LogP contribution in [0.1, 0.15) is 81.3 Å². The Morgan fingerprint density at radius 3 is 1.22 bits per heavy atom. The van der Waals surface area contributed by atoms with Crippen molar-refractivity contribution in [2.45, 2.75) is 108 Å². The van der Waals surface area contributed by atoms with Crippen LogP contribution >= 0.6 is 0 Å². The fourth-order valence-electron chi connectivity index (χ4n) is 11.8. The van der Waals surface area contributed by atoms with Crippen LogP contribution in [-0.2, 0) is 85.0 Å². The molecule has 0 spiro atoms. The van der Waals surface area contributed by atoms with Crippen LogP contribution in [0.4, 0.5) is 57.0 Å². The minimum absolute atomic E-state index is 0.0483. The van der Waals surface area contributed by atoms with Gasteiger partial charge in [0.2, 0.25) is 11.8 Å². The minimum Gasteiger partial charge on any atom is -0.396 e. The van der Waals surface area contributed by atoms with Gasteiger partial charge >= 0.3 is 18.5 Å². The number of halogens is 9. The smallest absolute Gasteiger partial charge is 0.396 e. The van der Waals surface area contributed by atoms with Crippen molar-refractivity contribution < 1.29 is 58.9 Å². The maximum Gasteiger partial charge on any atom is 0.416 e. The number of rotatable bonds is 22. The Labute approximate surface area is 555 Å². The van der Waals surface area contributed by atoms with E-state index >= 15 is 0 Å². The first-order valence-electron chi connectivity index (χ1n) is 31.5. The van der Waals surface area contributed by atoms with Crippen LogP contribution in [0.2, 0.25) is 0 Å². The van der Waals surface area contributed by atoms with Crippen molar-refractivity contribution in [2.24, 2.45) is 16.9 Å². The highest BCUT2D eigenvalue weighted by Crippen LogP contribution is 2.40. The van der Waals surface area contributed by atoms with E-state index in [4.69, 9.17) is 16.2 Å². The van der Waals surface area contributed by atoms with Crippen LogP contribution in [-0.4, -0.2) is 92.4 Å². The van der Waals surface area contributed by atoms with Crippen LogP contribution in [0.5, 0.6) is 0 Å². The van der Waals surface area contributed by atoms with Gasteiger partial charge in [0.25, 0.3) is 0 Å². The number of carbonyl (C=O) groups excluding carboxylic acids is 2. The summed E-state index contributed by atoms with van der Waals surface area (Å²) in [5.41, 5.74) is 16.6. The molecule has 2 aliphatic carbocycles. The lowest BCUT2D eigenvalue weighted by Crippen LogP contribution is -2.48. The molecule has 0 bridgehead atoms. The zero-order valence-electron chi connectivity index (χ0n) is 52.7. The molecule has 2 amide bonds. The molecule has 5 aromatic carbocycles. The van der Waals surface area contributed by atoms with Gasteiger partial charge in [-0.1, -0.05) is 84.9 Å². The fourth-order valence-corrected chi connectivity index (χ4v) is 11.8. The topological polar surface area (TPSA) is 226 Å². The van der Waals surface area contributed by atoms with Gasteiger partial charge in [-0.15, -0.1) is 0 Å². The lowest BCUT2D eigenvalue weighted by atomic mass is 9.87. The molecule has 7 heterocycles. The maximum atomic E-state index is 12.9. The summed E-state index contributed by atoms with van der Waals surface area (Å²) < 4.78 is 127. The van der Waals surface area contributed by atoms with Gasteiger partial charge in [0.1, 0.15) is 53.4 Å². The number of aliphatic hydroxyl groups is 1. The Morgan fingerprint density at radius 2 is 0.837 bits per heavy atom. The zero-order chi connectivity index (χ0) is 68.9. The zero-order valence-corrected chi connectivity index (χ0v) is 52.7. The summed E-state index contributed by atoms with van der Waals surface area (Å²) in [6, 6.07) is 37.4. The summed E-state index contributed by atoms with van der Waals surface area (Å²) in [4.78, 5) is 53.2. The molecule has 0 radical (unpaired) electrons. The molecular formula is C71H67F9N14O4. The first kappa shape index (κ1) is 67.6. The normalized spacial score (nSPS) is 14.5. The fraction of sp³-hybridized carbons (Fsp3) is 0.296. The average Bonchev–Trinajstić information content (AvgIpc) is 1.71. The van der Waals surface area contributed by atoms with E-state index < -0.39 is 35.2 Å². The van der Waals surface area contributed by atoms with Crippen molar-refractivity contribution in [1.29, 1.82) is 0 Å². The Kier molecular flexibility index (Phi) is 19.5. The van der Waals surface area contributed by atoms with Gasteiger partial charge in [0.15, 0.2) is 0 Å². The molecule has 3 fully saturated rings. The van der Waals surface area contributed by atoms with E-state index in [1.807, 2.05) is 99.0 Å². The van der Waals surface area contributed by atoms with Gasteiger partial charge in [-0.2, -0.15) is 39.5 Å². The summed E-state index contributed by atoms with van der Waals surface area (Å²) in [7, 11) is 0. The molecule has 2 saturated carbocycles. The number of nitrogens with two attached hydrogens (primary N) is 2. The molecule has 0 unspecified atom stereocenters. The first-order valence-corrected chi connectivity index (χ1v) is 31.5. The summed E-state index contributed by atoms with van der Waals surface area (Å²) in [5, 5.41) is 15.7. The highest BCUT2D eigenvalue weighted by molar-refractivity contribution is 5.90. The molecule has 6 aromatic heterocycles. The van der Waals surface area contributed by atoms with Crippen LogP contribution in [0.3, 0.4) is 0 Å². The SMILES string of the molecule is NC(=O)Cc1ccc(CNc2ncnc3c2ccn3Cc2ccc(C(F)(F)F)cc2)cc1.NC(=O)Cc1ccc(Cn2ccc3c(N(Cc4ccc(C(F)(F)F)cc4)C4CC4)ncnc32)cc1.OCC1(Cn2ccc3c(N(Cc4ccc(C(F)(F)F)cc4)C4CC4)ncnc32)COC1. The second-order valence-corrected chi connectivity index (χ2v) is 24.9. The molecule has 1 aliphatic heterocycles. The molecule has 11 aromatic rings. The number of ether oxygens (including phenoxy) is 1. The van der Waals surface area contributed by atoms with Crippen LogP contribution in [0.15, 0.2) is 177 Å². The van der Waals surface area contributed by atoms with Gasteiger partial charge in [-0.3, -0.25) is 9.59 Å². The van der Waals surface area contributed by atoms with E-state index in [2.05, 4.69) is 45.0 Å². The highest BCUT2D eigenvalue weighted by atomic mass is 19.4. The molecule has 3 aliphatic rings. The van der Waals surface area contributed by atoms with Crippen molar-refractivity contribution >= 4 is 62.4 Å². The Hall–Kier alpha value is -10.4. The number of aliphatic hydroxyl groups excluding tert-OH is 1. The standard InChI is InChI=1S/C26H24F3N5O.C23H20F3N5O.C22H23F3N4O2/c27-26(28,29)20-7-5-19(6-8-20)15-34(21-9-10-21)25-22-11-12-33(24(22)31-16-32-25)14-18-3-1-17(2-4-18)13-23(30)35;24-23(25,26)18-7-5-17(6-8-18)13-31-10-9-19-21(29-14-30-22(19)31)28-12-16-3-1-15(2-4-16)11-20(27)32;23-22(24,25)16-3-1-15(2-4-16)9-29(17-5-6-17)20-18-7-8-28(19(18)26-14-27-20)10-21(11-30)12-31-13-21/h1-8,11-12,16,21H,9-10,13-15H2,(H2,30,35);1-10,14H,11-13H2,(H2,27,32)(H,28,29,30);1-4,7-8,14,17,30H,5-6,9-13H2. The maximum absolute atomic E-state index is 12.9. The minimum atomic E-state index is -4.35. The lowest BCUT2D eigenvalue weighted by Gasteiger charge is -2.40. The Morgan fingerprint density at radius 1 is 0.480 bits per heavy atom. The number of amides is 2. The molecule has 27 heteroatoms. The number of aromatic nitrogens is 9. The van der Waals surface area contributed by atoms with Gasteiger partial charge in [0, 0.05) is 69.9 Å². The summed E-state index contributed by atoms with van der Waals surface area (Å²) in [6.07, 6.45) is 1.71. The number of nitrogens with zero attached hydrogens (tertiary/aromatic N) is 11. The van der Waals surface area contributed by atoms with Crippen LogP contribution in [0.25, 0.3) is 33.1 Å². The first-order chi connectivity index (χ1) is 47.0. The number of alkyl halides is 9. The number of carbonyl (C=O) groups is 2. The van der Waals surface area contributed by atoms with Gasteiger partial charge < -0.3 is 50.1 Å². The van der Waals surface area contributed by atoms with E-state index in [1.54, 1.807) is 0 Å². The summed E-state index contributed by atoms with van der Waals surface area (Å²) >= 11 is 0. The van der Waals surface area contributed by atoms with E-state index in [1.165, 1.54) is 55.4 Å². The van der Waals surface area contributed by atoms with Gasteiger partial charge in [-0.05, 0) is 119 Å². The van der Waals surface area contributed by atoms with Gasteiger partial charge in [0.05, 0.1) is 70.9 Å². The van der Waals surface area contributed by atoms with Crippen LogP contribution in [0, 0.1) is 5.41 Å². The quantitative estimate of drug-likeness (QED) is 0.0464. The third-order valence-corrected chi connectivity index (χ3v) is 17.3. The van der Waals surface area contributed by atoms with Crippen molar-refractivity contribution in [3.8, 4) is 0 Å². The highest BCUT2D eigenvalue weighted by Gasteiger charge is 2.40. The van der Waals surface area contributed by atoms with E-state index in [0.29, 0.717) is 76.0 Å². The molecular weight excluding hydrogens is 1280 g/mol. The summed E-state index contributed by atoms with van der Waals surface area (Å²) in [6.45, 7) is 4.15. The number of primary amides is 2. The number of fused-ring (bicyclic) bond motifs is 3. The molecule has 0 atom stereocenters. The van der Waals surface area contributed by atoms with Crippen LogP contribution < -0.4 is 26.6 Å². The number of hydrogen-bond acceptors (Lipinski definition) is 13. The molecule has 98 heavy (non-hydrogen) atoms. The predicted molar refractivity (Wildman–Crippen MR) is 350 cm³/mol. The largest absolute Gasteiger partial charge is 0.416 e. The third-order valence-electron chi connectivity index (χ3n) is 17.3. The monoisotopic (exact) mass is 1350 g/mol. The van der Waals surface area contributed by atoms with E-state index in [9.17, 15) is 54.2 Å². The molecule has 508 valence electrons. The van der Waals surface area contributed by atoms with Crippen molar-refractivity contribution in [2.75, 3.05) is 34.9 Å². The second-order valence-electron chi connectivity index (χ2n) is 24.9. The molecule has 14 rings (SSSR count). The van der Waals surface area contributed by atoms with Crippen molar-refractivity contribution in [1.82, 2.24) is 43.6 Å². The lowest BCUT2D eigenvalue weighted by molar-refractivity contribution is -0.144. The van der Waals surface area contributed by atoms with E-state index in [-0.39, 0.29) is 36.7 Å². The van der Waals surface area contributed by atoms with Crippen molar-refractivity contribution in [3.63, 3.8) is 0 Å². The third kappa shape index (κ3) is 16.3. The van der Waals surface area contributed by atoms with Crippen molar-refractivity contribution in [3.05, 3.63) is 233 Å². The number of nitrogens with one attached hydrogen (secondary N) is 1. The number of anilines is 3. The average molecular weight is 1350 g/mol. The van der Waals surface area contributed by atoms with E-state index in [0.717, 1.165) is 140 Å². The van der Waals surface area contributed by atoms with Gasteiger partial charge in [-0.25, -0.2) is 29.9 Å². The second kappa shape index (κ2) is 28.3.